The molecule has 2 rings (SSSR count). The minimum atomic E-state index is -3.75. The van der Waals surface area contributed by atoms with Gasteiger partial charge in [-0.2, -0.15) is 0 Å². The molecule has 0 aliphatic rings. The van der Waals surface area contributed by atoms with Crippen molar-refractivity contribution < 1.29 is 13.2 Å². The quantitative estimate of drug-likeness (QED) is 0.931. The maximum atomic E-state index is 12.5. The number of benzene rings is 2. The van der Waals surface area contributed by atoms with E-state index in [0.29, 0.717) is 16.5 Å². The largest absolute Gasteiger partial charge is 0.495 e. The van der Waals surface area contributed by atoms with Crippen LogP contribution in [0, 0.1) is 13.8 Å². The molecule has 0 amide bonds. The third kappa shape index (κ3) is 3.49. The molecule has 1 N–H and O–H groups in total. The molecular weight excluding hydrogens is 310 g/mol. The molecule has 0 unspecified atom stereocenters. The maximum Gasteiger partial charge on any atom is 0.265 e. The second-order valence-corrected chi connectivity index (χ2v) is 6.81. The fraction of sp³-hybridized carbons (Fsp3) is 0.200. The standard InChI is InChI=1S/C15H16ClNO3S/c1-10-4-7-15(14(8-10)20-3)21(18,19)17-13-9-12(16)6-5-11(13)2/h4-9,17H,1-3H3. The zero-order chi connectivity index (χ0) is 15.6. The average molecular weight is 326 g/mol. The maximum absolute atomic E-state index is 12.5. The zero-order valence-corrected chi connectivity index (χ0v) is 13.5. The van der Waals surface area contributed by atoms with Crippen molar-refractivity contribution in [1.82, 2.24) is 0 Å². The Morgan fingerprint density at radius 1 is 1.10 bits per heavy atom. The van der Waals surface area contributed by atoms with Gasteiger partial charge in [-0.3, -0.25) is 4.72 Å². The molecule has 21 heavy (non-hydrogen) atoms. The highest BCUT2D eigenvalue weighted by Gasteiger charge is 2.20. The zero-order valence-electron chi connectivity index (χ0n) is 12.0. The van der Waals surface area contributed by atoms with Crippen LogP contribution in [0.3, 0.4) is 0 Å². The first kappa shape index (κ1) is 15.7. The fourth-order valence-electron chi connectivity index (χ4n) is 1.90. The summed E-state index contributed by atoms with van der Waals surface area (Å²) in [6.07, 6.45) is 0. The first-order chi connectivity index (χ1) is 9.83. The fourth-order valence-corrected chi connectivity index (χ4v) is 3.35. The van der Waals surface area contributed by atoms with Crippen molar-refractivity contribution in [2.24, 2.45) is 0 Å². The predicted octanol–water partition coefficient (Wildman–Crippen LogP) is 3.77. The molecule has 0 bridgehead atoms. The number of hydrogen-bond acceptors (Lipinski definition) is 3. The highest BCUT2D eigenvalue weighted by molar-refractivity contribution is 7.92. The van der Waals surface area contributed by atoms with Crippen molar-refractivity contribution in [3.8, 4) is 5.75 Å². The number of sulfonamides is 1. The molecule has 0 aliphatic heterocycles. The highest BCUT2D eigenvalue weighted by atomic mass is 35.5. The van der Waals surface area contributed by atoms with Crippen molar-refractivity contribution in [1.29, 1.82) is 0 Å². The van der Waals surface area contributed by atoms with E-state index in [4.69, 9.17) is 16.3 Å². The molecule has 0 spiro atoms. The third-order valence-electron chi connectivity index (χ3n) is 3.05. The molecule has 0 radical (unpaired) electrons. The predicted molar refractivity (Wildman–Crippen MR) is 84.7 cm³/mol. The van der Waals surface area contributed by atoms with Crippen LogP contribution in [0.25, 0.3) is 0 Å². The monoisotopic (exact) mass is 325 g/mol. The molecule has 0 fully saturated rings. The summed E-state index contributed by atoms with van der Waals surface area (Å²) in [6, 6.07) is 9.97. The molecule has 6 heteroatoms. The SMILES string of the molecule is COc1cc(C)ccc1S(=O)(=O)Nc1cc(Cl)ccc1C. The van der Waals surface area contributed by atoms with E-state index in [9.17, 15) is 8.42 Å². The molecule has 0 aliphatic carbocycles. The van der Waals surface area contributed by atoms with Crippen LogP contribution in [0.2, 0.25) is 5.02 Å². The van der Waals surface area contributed by atoms with Crippen molar-refractivity contribution in [3.63, 3.8) is 0 Å². The Labute approximate surface area is 129 Å². The highest BCUT2D eigenvalue weighted by Crippen LogP contribution is 2.28. The van der Waals surface area contributed by atoms with Gasteiger partial charge in [-0.15, -0.1) is 0 Å². The number of anilines is 1. The lowest BCUT2D eigenvalue weighted by Crippen LogP contribution is -2.15. The number of nitrogens with one attached hydrogen (secondary N) is 1. The lowest BCUT2D eigenvalue weighted by molar-refractivity contribution is 0.402. The summed E-state index contributed by atoms with van der Waals surface area (Å²) in [7, 11) is -2.30. The van der Waals surface area contributed by atoms with Gasteiger partial charge in [-0.25, -0.2) is 8.42 Å². The van der Waals surface area contributed by atoms with Gasteiger partial charge in [0.2, 0.25) is 0 Å². The second-order valence-electron chi connectivity index (χ2n) is 4.72. The van der Waals surface area contributed by atoms with Crippen molar-refractivity contribution in [3.05, 3.63) is 52.5 Å². The first-order valence-electron chi connectivity index (χ1n) is 6.27. The van der Waals surface area contributed by atoms with Crippen LogP contribution in [-0.4, -0.2) is 15.5 Å². The number of methoxy groups -OCH3 is 1. The number of ether oxygens (including phenoxy) is 1. The van der Waals surface area contributed by atoms with E-state index in [2.05, 4.69) is 4.72 Å². The van der Waals surface area contributed by atoms with Crippen molar-refractivity contribution in [2.75, 3.05) is 11.8 Å². The smallest absolute Gasteiger partial charge is 0.265 e. The Morgan fingerprint density at radius 2 is 1.81 bits per heavy atom. The summed E-state index contributed by atoms with van der Waals surface area (Å²) >= 11 is 5.91. The normalized spacial score (nSPS) is 11.2. The van der Waals surface area contributed by atoms with Gasteiger partial charge in [0.15, 0.2) is 0 Å². The Morgan fingerprint density at radius 3 is 2.48 bits per heavy atom. The summed E-state index contributed by atoms with van der Waals surface area (Å²) in [5.41, 5.74) is 2.16. The second kappa shape index (κ2) is 5.95. The minimum absolute atomic E-state index is 0.0926. The lowest BCUT2D eigenvalue weighted by atomic mass is 10.2. The van der Waals surface area contributed by atoms with Crippen molar-refractivity contribution >= 4 is 27.3 Å². The van der Waals surface area contributed by atoms with Gasteiger partial charge in [0.1, 0.15) is 10.6 Å². The van der Waals surface area contributed by atoms with E-state index in [0.717, 1.165) is 11.1 Å². The van der Waals surface area contributed by atoms with Crippen LogP contribution < -0.4 is 9.46 Å². The van der Waals surface area contributed by atoms with Gasteiger partial charge in [0.05, 0.1) is 12.8 Å². The number of rotatable bonds is 4. The van der Waals surface area contributed by atoms with E-state index in [1.165, 1.54) is 13.2 Å². The Balaban J connectivity index is 2.46. The number of aryl methyl sites for hydroxylation is 2. The molecule has 0 heterocycles. The third-order valence-corrected chi connectivity index (χ3v) is 4.69. The summed E-state index contributed by atoms with van der Waals surface area (Å²) < 4.78 is 32.7. The van der Waals surface area contributed by atoms with Crippen LogP contribution in [0.15, 0.2) is 41.3 Å². The van der Waals surface area contributed by atoms with Gasteiger partial charge >= 0.3 is 0 Å². The first-order valence-corrected chi connectivity index (χ1v) is 8.13. The van der Waals surface area contributed by atoms with E-state index in [1.807, 2.05) is 6.92 Å². The minimum Gasteiger partial charge on any atom is -0.495 e. The van der Waals surface area contributed by atoms with Crippen LogP contribution in [0.1, 0.15) is 11.1 Å². The molecular formula is C15H16ClNO3S. The van der Waals surface area contributed by atoms with Gasteiger partial charge in [0.25, 0.3) is 10.0 Å². The van der Waals surface area contributed by atoms with Crippen molar-refractivity contribution in [2.45, 2.75) is 18.7 Å². The van der Waals surface area contributed by atoms with Gasteiger partial charge in [0, 0.05) is 5.02 Å². The molecule has 2 aromatic rings. The topological polar surface area (TPSA) is 55.4 Å². The summed E-state index contributed by atoms with van der Waals surface area (Å²) in [6.45, 7) is 3.67. The molecule has 0 saturated carbocycles. The Bertz CT molecular complexity index is 772. The molecule has 0 atom stereocenters. The molecule has 2 aromatic carbocycles. The average Bonchev–Trinajstić information content (AvgIpc) is 2.42. The molecule has 112 valence electrons. The Hall–Kier alpha value is -1.72. The summed E-state index contributed by atoms with van der Waals surface area (Å²) in [5.74, 6) is 0.308. The molecule has 4 nitrogen and oxygen atoms in total. The van der Waals surface area contributed by atoms with E-state index < -0.39 is 10.0 Å². The van der Waals surface area contributed by atoms with E-state index >= 15 is 0 Å². The van der Waals surface area contributed by atoms with Gasteiger partial charge in [-0.1, -0.05) is 23.7 Å². The van der Waals surface area contributed by atoms with E-state index in [1.54, 1.807) is 37.3 Å². The molecule has 0 aromatic heterocycles. The summed E-state index contributed by atoms with van der Waals surface area (Å²) in [5, 5.41) is 0.467. The van der Waals surface area contributed by atoms with Crippen LogP contribution in [0.4, 0.5) is 5.69 Å². The van der Waals surface area contributed by atoms with E-state index in [-0.39, 0.29) is 4.90 Å². The van der Waals surface area contributed by atoms with Crippen LogP contribution >= 0.6 is 11.6 Å². The van der Waals surface area contributed by atoms with Crippen LogP contribution in [0.5, 0.6) is 5.75 Å². The Kier molecular flexibility index (Phi) is 4.44. The summed E-state index contributed by atoms with van der Waals surface area (Å²) in [4.78, 5) is 0.0926. The number of hydrogen-bond donors (Lipinski definition) is 1. The lowest BCUT2D eigenvalue weighted by Gasteiger charge is -2.13. The molecule has 0 saturated heterocycles. The number of halogens is 1. The van der Waals surface area contributed by atoms with Gasteiger partial charge < -0.3 is 4.74 Å². The van der Waals surface area contributed by atoms with Crippen LogP contribution in [-0.2, 0) is 10.0 Å². The van der Waals surface area contributed by atoms with Gasteiger partial charge in [-0.05, 0) is 49.2 Å².